The molecule has 1 aliphatic carbocycles. The van der Waals surface area contributed by atoms with Crippen LogP contribution in [0.4, 0.5) is 10.5 Å². The van der Waals surface area contributed by atoms with E-state index in [1.807, 2.05) is 31.7 Å². The first-order valence-electron chi connectivity index (χ1n) is 9.94. The molecule has 0 unspecified atom stereocenters. The molecular formula is C21H28BrClN2O2. The number of fused-ring (bicyclic) bond motifs is 1. The van der Waals surface area contributed by atoms with Crippen molar-refractivity contribution < 1.29 is 9.53 Å². The highest BCUT2D eigenvalue weighted by molar-refractivity contribution is 9.10. The predicted molar refractivity (Wildman–Crippen MR) is 113 cm³/mol. The molecule has 4 nitrogen and oxygen atoms in total. The highest BCUT2D eigenvalue weighted by atomic mass is 79.9. The molecule has 1 aromatic rings. The van der Waals surface area contributed by atoms with Crippen LogP contribution in [0.5, 0.6) is 0 Å². The van der Waals surface area contributed by atoms with E-state index in [4.69, 9.17) is 16.3 Å². The molecule has 1 amide bonds. The number of nitrogens with zero attached hydrogens (tertiary/aromatic N) is 2. The minimum absolute atomic E-state index is 0.0104. The summed E-state index contributed by atoms with van der Waals surface area (Å²) in [6.45, 7) is 7.69. The summed E-state index contributed by atoms with van der Waals surface area (Å²) in [5.74, 6) is 0. The Morgan fingerprint density at radius 3 is 2.70 bits per heavy atom. The third-order valence-corrected chi connectivity index (χ3v) is 6.94. The van der Waals surface area contributed by atoms with E-state index in [1.54, 1.807) is 0 Å². The number of carbonyl (C=O) groups is 1. The molecule has 0 atom stereocenters. The smallest absolute Gasteiger partial charge is 0.410 e. The molecule has 1 saturated heterocycles. The number of halogens is 2. The van der Waals surface area contributed by atoms with Crippen molar-refractivity contribution in [3.63, 3.8) is 0 Å². The first kappa shape index (κ1) is 19.4. The topological polar surface area (TPSA) is 32.8 Å². The predicted octanol–water partition coefficient (Wildman–Crippen LogP) is 5.79. The molecule has 1 saturated carbocycles. The molecule has 148 valence electrons. The van der Waals surface area contributed by atoms with Crippen LogP contribution in [-0.2, 0) is 11.2 Å². The van der Waals surface area contributed by atoms with Gasteiger partial charge in [-0.1, -0.05) is 11.6 Å². The Labute approximate surface area is 175 Å². The van der Waals surface area contributed by atoms with Crippen molar-refractivity contribution in [3.05, 3.63) is 27.2 Å². The Hall–Kier alpha value is -0.940. The van der Waals surface area contributed by atoms with Gasteiger partial charge in [0.25, 0.3) is 0 Å². The van der Waals surface area contributed by atoms with Crippen LogP contribution in [-0.4, -0.2) is 41.3 Å². The van der Waals surface area contributed by atoms with Gasteiger partial charge in [0, 0.05) is 28.6 Å². The highest BCUT2D eigenvalue weighted by Gasteiger charge is 2.55. The van der Waals surface area contributed by atoms with E-state index < -0.39 is 5.60 Å². The van der Waals surface area contributed by atoms with Crippen LogP contribution >= 0.6 is 27.5 Å². The molecule has 3 aliphatic rings. The fraction of sp³-hybridized carbons (Fsp3) is 0.667. The molecule has 0 radical (unpaired) electrons. The van der Waals surface area contributed by atoms with E-state index >= 15 is 0 Å². The molecule has 1 aromatic carbocycles. The van der Waals surface area contributed by atoms with Crippen molar-refractivity contribution in [2.75, 3.05) is 18.0 Å². The van der Waals surface area contributed by atoms with Gasteiger partial charge in [-0.05, 0) is 92.9 Å². The normalized spacial score (nSPS) is 27.5. The zero-order valence-electron chi connectivity index (χ0n) is 16.4. The lowest BCUT2D eigenvalue weighted by atomic mass is 9.69. The molecule has 4 rings (SSSR count). The SMILES string of the molecule is CC(C)(C)OC(=O)N1CCCC12CC(N1CCCc3cc(Cl)cc(Br)c31)C2. The summed E-state index contributed by atoms with van der Waals surface area (Å²) in [5.41, 5.74) is 2.17. The Morgan fingerprint density at radius 2 is 2.00 bits per heavy atom. The third kappa shape index (κ3) is 3.57. The number of hydrogen-bond acceptors (Lipinski definition) is 3. The highest BCUT2D eigenvalue weighted by Crippen LogP contribution is 2.51. The molecule has 0 aromatic heterocycles. The second-order valence-corrected chi connectivity index (χ2v) is 10.5. The van der Waals surface area contributed by atoms with Crippen molar-refractivity contribution in [1.29, 1.82) is 0 Å². The summed E-state index contributed by atoms with van der Waals surface area (Å²) < 4.78 is 6.76. The second-order valence-electron chi connectivity index (χ2n) is 9.21. The largest absolute Gasteiger partial charge is 0.444 e. The van der Waals surface area contributed by atoms with E-state index in [0.717, 1.165) is 61.1 Å². The van der Waals surface area contributed by atoms with Gasteiger partial charge >= 0.3 is 6.09 Å². The summed E-state index contributed by atoms with van der Waals surface area (Å²) in [6.07, 6.45) is 6.30. The number of hydrogen-bond donors (Lipinski definition) is 0. The zero-order valence-corrected chi connectivity index (χ0v) is 18.7. The van der Waals surface area contributed by atoms with Crippen molar-refractivity contribution in [1.82, 2.24) is 4.90 Å². The van der Waals surface area contributed by atoms with Gasteiger partial charge in [0.05, 0.1) is 11.2 Å². The van der Waals surface area contributed by atoms with Crippen LogP contribution in [0, 0.1) is 0 Å². The van der Waals surface area contributed by atoms with Crippen molar-refractivity contribution in [2.45, 2.75) is 76.5 Å². The van der Waals surface area contributed by atoms with Crippen molar-refractivity contribution in [2.24, 2.45) is 0 Å². The lowest BCUT2D eigenvalue weighted by molar-refractivity contribution is -0.0158. The quantitative estimate of drug-likeness (QED) is 0.537. The Balaban J connectivity index is 1.51. The van der Waals surface area contributed by atoms with Crippen LogP contribution < -0.4 is 4.90 Å². The maximum Gasteiger partial charge on any atom is 0.410 e. The summed E-state index contributed by atoms with van der Waals surface area (Å²) in [5, 5.41) is 0.791. The average molecular weight is 456 g/mol. The average Bonchev–Trinajstić information content (AvgIpc) is 2.96. The van der Waals surface area contributed by atoms with Crippen LogP contribution in [0.2, 0.25) is 5.02 Å². The Morgan fingerprint density at radius 1 is 1.26 bits per heavy atom. The van der Waals surface area contributed by atoms with Crippen LogP contribution in [0.1, 0.15) is 58.4 Å². The first-order chi connectivity index (χ1) is 12.7. The zero-order chi connectivity index (χ0) is 19.4. The van der Waals surface area contributed by atoms with Crippen molar-refractivity contribution >= 4 is 39.3 Å². The second kappa shape index (κ2) is 6.84. The van der Waals surface area contributed by atoms with Gasteiger partial charge in [-0.2, -0.15) is 0 Å². The number of aryl methyl sites for hydroxylation is 1. The van der Waals surface area contributed by atoms with Crippen LogP contribution in [0.25, 0.3) is 0 Å². The van der Waals surface area contributed by atoms with Crippen molar-refractivity contribution in [3.8, 4) is 0 Å². The van der Waals surface area contributed by atoms with Gasteiger partial charge in [-0.15, -0.1) is 0 Å². The molecule has 27 heavy (non-hydrogen) atoms. The lowest BCUT2D eigenvalue weighted by Gasteiger charge is -2.55. The fourth-order valence-electron chi connectivity index (χ4n) is 5.05. The Bertz CT molecular complexity index is 755. The third-order valence-electron chi connectivity index (χ3n) is 6.12. The number of amides is 1. The van der Waals surface area contributed by atoms with E-state index in [0.29, 0.717) is 6.04 Å². The van der Waals surface area contributed by atoms with Gasteiger partial charge < -0.3 is 14.5 Å². The summed E-state index contributed by atoms with van der Waals surface area (Å²) in [6, 6.07) is 4.57. The molecule has 1 spiro atoms. The maximum absolute atomic E-state index is 12.7. The van der Waals surface area contributed by atoms with E-state index in [-0.39, 0.29) is 11.6 Å². The van der Waals surface area contributed by atoms with E-state index in [1.165, 1.54) is 11.3 Å². The summed E-state index contributed by atoms with van der Waals surface area (Å²) in [7, 11) is 0. The minimum atomic E-state index is -0.444. The van der Waals surface area contributed by atoms with Crippen LogP contribution in [0.15, 0.2) is 16.6 Å². The minimum Gasteiger partial charge on any atom is -0.444 e. The summed E-state index contributed by atoms with van der Waals surface area (Å²) >= 11 is 9.98. The number of carbonyl (C=O) groups excluding carboxylic acids is 1. The lowest BCUT2D eigenvalue weighted by Crippen LogP contribution is -2.63. The van der Waals surface area contributed by atoms with Crippen LogP contribution in [0.3, 0.4) is 0 Å². The molecule has 2 aliphatic heterocycles. The van der Waals surface area contributed by atoms with Gasteiger partial charge in [0.15, 0.2) is 0 Å². The molecule has 2 heterocycles. The van der Waals surface area contributed by atoms with Gasteiger partial charge in [0.2, 0.25) is 0 Å². The maximum atomic E-state index is 12.7. The monoisotopic (exact) mass is 454 g/mol. The van der Waals surface area contributed by atoms with E-state index in [2.05, 4.69) is 26.9 Å². The number of likely N-dealkylation sites (tertiary alicyclic amines) is 1. The molecule has 0 N–H and O–H groups in total. The van der Waals surface area contributed by atoms with Gasteiger partial charge in [-0.3, -0.25) is 0 Å². The number of benzene rings is 1. The van der Waals surface area contributed by atoms with Gasteiger partial charge in [0.1, 0.15) is 5.60 Å². The fourth-order valence-corrected chi connectivity index (χ4v) is 6.15. The Kier molecular flexibility index (Phi) is 4.91. The number of ether oxygens (including phenoxy) is 1. The summed E-state index contributed by atoms with van der Waals surface area (Å²) in [4.78, 5) is 17.3. The molecular weight excluding hydrogens is 428 g/mol. The molecule has 0 bridgehead atoms. The first-order valence-corrected chi connectivity index (χ1v) is 11.1. The number of anilines is 1. The van der Waals surface area contributed by atoms with E-state index in [9.17, 15) is 4.79 Å². The standard InChI is InChI=1S/C21H28BrClN2O2/c1-20(2,3)27-19(26)25-9-5-7-21(25)12-16(13-21)24-8-4-6-14-10-15(23)11-17(22)18(14)24/h10-11,16H,4-9,12-13H2,1-3H3. The number of rotatable bonds is 1. The molecule has 6 heteroatoms. The van der Waals surface area contributed by atoms with Gasteiger partial charge in [-0.25, -0.2) is 4.79 Å². The molecule has 2 fully saturated rings.